The quantitative estimate of drug-likeness (QED) is 0.904. The second-order valence-electron chi connectivity index (χ2n) is 4.65. The van der Waals surface area contributed by atoms with Crippen LogP contribution in [0.2, 0.25) is 0 Å². The van der Waals surface area contributed by atoms with E-state index in [0.29, 0.717) is 5.56 Å². The average molecular weight is 269 g/mol. The first-order valence-corrected chi connectivity index (χ1v) is 6.74. The van der Waals surface area contributed by atoms with Crippen molar-refractivity contribution in [2.24, 2.45) is 5.73 Å². The predicted molar refractivity (Wildman–Crippen MR) is 80.9 cm³/mol. The van der Waals surface area contributed by atoms with E-state index < -0.39 is 5.91 Å². The third-order valence-corrected chi connectivity index (χ3v) is 3.32. The lowest BCUT2D eigenvalue weighted by molar-refractivity contribution is 0.100. The summed E-state index contributed by atoms with van der Waals surface area (Å²) in [6.07, 6.45) is 1.81. The molecule has 0 radical (unpaired) electrons. The zero-order valence-corrected chi connectivity index (χ0v) is 11.8. The smallest absolute Gasteiger partial charge is 0.249 e. The second kappa shape index (κ2) is 6.24. The number of hydrogen-bond donors (Lipinski definition) is 1. The molecule has 0 aliphatic rings. The van der Waals surface area contributed by atoms with E-state index in [1.807, 2.05) is 36.4 Å². The van der Waals surface area contributed by atoms with E-state index in [2.05, 4.69) is 6.92 Å². The summed E-state index contributed by atoms with van der Waals surface area (Å²) < 4.78 is 5.44. The summed E-state index contributed by atoms with van der Waals surface area (Å²) in [7, 11) is 1.65. The van der Waals surface area contributed by atoms with E-state index in [9.17, 15) is 4.79 Å². The van der Waals surface area contributed by atoms with Crippen LogP contribution in [0.3, 0.4) is 0 Å². The van der Waals surface area contributed by atoms with E-state index >= 15 is 0 Å². The third-order valence-electron chi connectivity index (χ3n) is 3.32. The minimum atomic E-state index is -0.413. The van der Waals surface area contributed by atoms with Gasteiger partial charge in [-0.1, -0.05) is 43.7 Å². The van der Waals surface area contributed by atoms with Crippen LogP contribution in [0.25, 0.3) is 11.1 Å². The lowest BCUT2D eigenvalue weighted by Crippen LogP contribution is -2.14. The standard InChI is InChI=1S/C17H19NO2/c1-3-7-13-15(20-2)11-10-14(17(18)19)16(13)12-8-5-4-6-9-12/h4-6,8-11H,3,7H2,1-2H3,(H2,18,19). The molecule has 0 heterocycles. The minimum Gasteiger partial charge on any atom is -0.496 e. The van der Waals surface area contributed by atoms with E-state index in [-0.39, 0.29) is 0 Å². The minimum absolute atomic E-state index is 0.413. The van der Waals surface area contributed by atoms with Crippen molar-refractivity contribution in [1.29, 1.82) is 0 Å². The highest BCUT2D eigenvalue weighted by molar-refractivity contribution is 6.01. The molecule has 0 fully saturated rings. The van der Waals surface area contributed by atoms with Crippen LogP contribution >= 0.6 is 0 Å². The number of nitrogens with two attached hydrogens (primary N) is 1. The highest BCUT2D eigenvalue weighted by atomic mass is 16.5. The van der Waals surface area contributed by atoms with Crippen molar-refractivity contribution in [1.82, 2.24) is 0 Å². The lowest BCUT2D eigenvalue weighted by atomic mass is 9.91. The summed E-state index contributed by atoms with van der Waals surface area (Å²) in [4.78, 5) is 11.7. The van der Waals surface area contributed by atoms with Crippen molar-refractivity contribution in [3.8, 4) is 16.9 Å². The van der Waals surface area contributed by atoms with E-state index in [0.717, 1.165) is 35.3 Å². The number of ether oxygens (including phenoxy) is 1. The summed E-state index contributed by atoms with van der Waals surface area (Å²) in [5, 5.41) is 0. The molecule has 1 amide bonds. The van der Waals surface area contributed by atoms with Crippen molar-refractivity contribution < 1.29 is 9.53 Å². The van der Waals surface area contributed by atoms with Crippen LogP contribution in [-0.4, -0.2) is 13.0 Å². The number of amides is 1. The van der Waals surface area contributed by atoms with Crippen LogP contribution in [0.4, 0.5) is 0 Å². The molecule has 0 aromatic heterocycles. The Kier molecular flexibility index (Phi) is 4.41. The van der Waals surface area contributed by atoms with Gasteiger partial charge in [-0.05, 0) is 24.1 Å². The summed E-state index contributed by atoms with van der Waals surface area (Å²) >= 11 is 0. The normalized spacial score (nSPS) is 10.3. The molecule has 0 bridgehead atoms. The fourth-order valence-electron chi connectivity index (χ4n) is 2.46. The molecule has 2 rings (SSSR count). The average Bonchev–Trinajstić information content (AvgIpc) is 2.47. The van der Waals surface area contributed by atoms with Gasteiger partial charge in [-0.2, -0.15) is 0 Å². The summed E-state index contributed by atoms with van der Waals surface area (Å²) in [6, 6.07) is 13.4. The summed E-state index contributed by atoms with van der Waals surface area (Å²) in [6.45, 7) is 2.10. The van der Waals surface area contributed by atoms with Gasteiger partial charge in [-0.3, -0.25) is 4.79 Å². The van der Waals surface area contributed by atoms with Crippen molar-refractivity contribution in [3.05, 3.63) is 53.6 Å². The number of carbonyl (C=O) groups is 1. The molecule has 2 aromatic rings. The molecule has 0 atom stereocenters. The largest absolute Gasteiger partial charge is 0.496 e. The molecule has 0 spiro atoms. The monoisotopic (exact) mass is 269 g/mol. The van der Waals surface area contributed by atoms with E-state index in [4.69, 9.17) is 10.5 Å². The maximum atomic E-state index is 11.7. The fraction of sp³-hybridized carbons (Fsp3) is 0.235. The number of methoxy groups -OCH3 is 1. The molecule has 0 saturated carbocycles. The zero-order valence-electron chi connectivity index (χ0n) is 11.8. The predicted octanol–water partition coefficient (Wildman–Crippen LogP) is 3.41. The summed E-state index contributed by atoms with van der Waals surface area (Å²) in [5.74, 6) is 0.388. The fourth-order valence-corrected chi connectivity index (χ4v) is 2.46. The highest BCUT2D eigenvalue weighted by Crippen LogP contribution is 2.34. The molecule has 0 unspecified atom stereocenters. The molecule has 104 valence electrons. The first kappa shape index (κ1) is 14.1. The molecule has 2 N–H and O–H groups in total. The Labute approximate surface area is 119 Å². The van der Waals surface area contributed by atoms with Gasteiger partial charge in [-0.15, -0.1) is 0 Å². The van der Waals surface area contributed by atoms with Gasteiger partial charge in [-0.25, -0.2) is 0 Å². The zero-order chi connectivity index (χ0) is 14.5. The van der Waals surface area contributed by atoms with Crippen molar-refractivity contribution >= 4 is 5.91 Å². The van der Waals surface area contributed by atoms with Crippen LogP contribution in [0.1, 0.15) is 29.3 Å². The summed E-state index contributed by atoms with van der Waals surface area (Å²) in [5.41, 5.74) is 8.99. The van der Waals surface area contributed by atoms with Gasteiger partial charge in [0.05, 0.1) is 7.11 Å². The Morgan fingerprint density at radius 3 is 2.40 bits per heavy atom. The first-order valence-electron chi connectivity index (χ1n) is 6.74. The van der Waals surface area contributed by atoms with Gasteiger partial charge >= 0.3 is 0 Å². The van der Waals surface area contributed by atoms with Gasteiger partial charge in [0.2, 0.25) is 5.91 Å². The Morgan fingerprint density at radius 2 is 1.85 bits per heavy atom. The number of benzene rings is 2. The Bertz CT molecular complexity index is 606. The van der Waals surface area contributed by atoms with E-state index in [1.165, 1.54) is 0 Å². The van der Waals surface area contributed by atoms with Crippen molar-refractivity contribution in [3.63, 3.8) is 0 Å². The number of rotatable bonds is 5. The second-order valence-corrected chi connectivity index (χ2v) is 4.65. The molecular formula is C17H19NO2. The molecule has 3 nitrogen and oxygen atoms in total. The first-order chi connectivity index (χ1) is 9.69. The van der Waals surface area contributed by atoms with Crippen molar-refractivity contribution in [2.75, 3.05) is 7.11 Å². The van der Waals surface area contributed by atoms with Crippen LogP contribution in [0, 0.1) is 0 Å². The van der Waals surface area contributed by atoms with Crippen LogP contribution < -0.4 is 10.5 Å². The maximum Gasteiger partial charge on any atom is 0.249 e. The molecule has 0 aliphatic carbocycles. The van der Waals surface area contributed by atoms with Gasteiger partial charge in [0.25, 0.3) is 0 Å². The number of primary amides is 1. The van der Waals surface area contributed by atoms with Crippen molar-refractivity contribution in [2.45, 2.75) is 19.8 Å². The number of hydrogen-bond acceptors (Lipinski definition) is 2. The Morgan fingerprint density at radius 1 is 1.15 bits per heavy atom. The maximum absolute atomic E-state index is 11.7. The van der Waals surface area contributed by atoms with Gasteiger partial charge in [0.1, 0.15) is 5.75 Å². The molecule has 0 saturated heterocycles. The number of carbonyl (C=O) groups excluding carboxylic acids is 1. The van der Waals surface area contributed by atoms with Crippen LogP contribution in [0.15, 0.2) is 42.5 Å². The van der Waals surface area contributed by atoms with Crippen LogP contribution in [0.5, 0.6) is 5.75 Å². The molecule has 3 heteroatoms. The molecule has 2 aromatic carbocycles. The molecule has 0 aliphatic heterocycles. The lowest BCUT2D eigenvalue weighted by Gasteiger charge is -2.16. The Hall–Kier alpha value is -2.29. The molecule has 20 heavy (non-hydrogen) atoms. The topological polar surface area (TPSA) is 52.3 Å². The third kappa shape index (κ3) is 2.67. The van der Waals surface area contributed by atoms with Gasteiger partial charge in [0.15, 0.2) is 0 Å². The van der Waals surface area contributed by atoms with E-state index in [1.54, 1.807) is 13.2 Å². The Balaban J connectivity index is 2.74. The molecular weight excluding hydrogens is 250 g/mol. The SMILES string of the molecule is CCCc1c(OC)ccc(C(N)=O)c1-c1ccccc1. The highest BCUT2D eigenvalue weighted by Gasteiger charge is 2.17. The van der Waals surface area contributed by atoms with Crippen LogP contribution in [-0.2, 0) is 6.42 Å². The van der Waals surface area contributed by atoms with Gasteiger partial charge < -0.3 is 10.5 Å². The van der Waals surface area contributed by atoms with Gasteiger partial charge in [0, 0.05) is 16.7 Å².